The van der Waals surface area contributed by atoms with E-state index in [1.54, 1.807) is 7.11 Å². The van der Waals surface area contributed by atoms with Gasteiger partial charge in [0.2, 0.25) is 0 Å². The van der Waals surface area contributed by atoms with Crippen molar-refractivity contribution in [3.8, 4) is 11.5 Å². The van der Waals surface area contributed by atoms with E-state index >= 15 is 0 Å². The molecule has 0 aromatic heterocycles. The van der Waals surface area contributed by atoms with Gasteiger partial charge >= 0.3 is 0 Å². The fourth-order valence-electron chi connectivity index (χ4n) is 2.11. The minimum absolute atomic E-state index is 0. The summed E-state index contributed by atoms with van der Waals surface area (Å²) in [5.74, 6) is 1.61. The fraction of sp³-hybridized carbons (Fsp3) is 0.294. The van der Waals surface area contributed by atoms with Gasteiger partial charge in [-0.05, 0) is 18.6 Å². The molecular weight excluding hydrogens is 286 g/mol. The molecule has 0 atom stereocenters. The molecule has 21 heavy (non-hydrogen) atoms. The molecule has 2 aromatic rings. The molecule has 0 aliphatic rings. The van der Waals surface area contributed by atoms with E-state index in [4.69, 9.17) is 9.47 Å². The maximum absolute atomic E-state index is 5.70. The molecule has 4 heteroatoms. The second-order valence-electron chi connectivity index (χ2n) is 4.47. The number of hydrogen-bond acceptors (Lipinski definition) is 3. The Labute approximate surface area is 132 Å². The molecule has 0 saturated carbocycles. The Hall–Kier alpha value is -1.71. The number of hydrogen-bond donors (Lipinski definition) is 1. The zero-order valence-electron chi connectivity index (χ0n) is 12.5. The summed E-state index contributed by atoms with van der Waals surface area (Å²) in [6, 6.07) is 16.3. The van der Waals surface area contributed by atoms with Crippen molar-refractivity contribution in [1.29, 1.82) is 0 Å². The molecule has 0 fully saturated rings. The van der Waals surface area contributed by atoms with Crippen LogP contribution in [0.1, 0.15) is 18.1 Å². The highest BCUT2D eigenvalue weighted by atomic mass is 35.5. The van der Waals surface area contributed by atoms with E-state index in [0.717, 1.165) is 30.2 Å². The summed E-state index contributed by atoms with van der Waals surface area (Å²) < 4.78 is 11.0. The van der Waals surface area contributed by atoms with Crippen molar-refractivity contribution in [2.45, 2.75) is 20.0 Å². The summed E-state index contributed by atoms with van der Waals surface area (Å²) in [6.07, 6.45) is 0. The predicted molar refractivity (Wildman–Crippen MR) is 88.4 cm³/mol. The molecule has 0 heterocycles. The third kappa shape index (κ3) is 4.96. The first-order chi connectivity index (χ1) is 9.85. The Bertz CT molecular complexity index is 532. The maximum Gasteiger partial charge on any atom is 0.165 e. The van der Waals surface area contributed by atoms with Crippen LogP contribution in [0.15, 0.2) is 48.5 Å². The second kappa shape index (κ2) is 9.27. The molecule has 2 aromatic carbocycles. The van der Waals surface area contributed by atoms with Crippen LogP contribution >= 0.6 is 12.4 Å². The average molecular weight is 308 g/mol. The summed E-state index contributed by atoms with van der Waals surface area (Å²) in [5, 5.41) is 3.43. The molecule has 1 N–H and O–H groups in total. The van der Waals surface area contributed by atoms with Crippen molar-refractivity contribution in [2.24, 2.45) is 0 Å². The first-order valence-corrected chi connectivity index (χ1v) is 6.88. The largest absolute Gasteiger partial charge is 0.493 e. The van der Waals surface area contributed by atoms with Gasteiger partial charge in [-0.15, -0.1) is 12.4 Å². The van der Waals surface area contributed by atoms with E-state index in [0.29, 0.717) is 6.61 Å². The number of nitrogens with one attached hydrogen (secondary N) is 1. The summed E-state index contributed by atoms with van der Waals surface area (Å²) in [6.45, 7) is 4.20. The number of ether oxygens (including phenoxy) is 2. The molecular formula is C17H22ClNO2. The average Bonchev–Trinajstić information content (AvgIpc) is 2.50. The van der Waals surface area contributed by atoms with Crippen molar-refractivity contribution in [1.82, 2.24) is 5.32 Å². The number of para-hydroxylation sites is 1. The van der Waals surface area contributed by atoms with Gasteiger partial charge in [0.25, 0.3) is 0 Å². The molecule has 0 bridgehead atoms. The van der Waals surface area contributed by atoms with Crippen molar-refractivity contribution in [3.05, 3.63) is 59.7 Å². The smallest absolute Gasteiger partial charge is 0.165 e. The predicted octanol–water partition coefficient (Wildman–Crippen LogP) is 3.81. The summed E-state index contributed by atoms with van der Waals surface area (Å²) in [4.78, 5) is 0. The molecule has 3 nitrogen and oxygen atoms in total. The quantitative estimate of drug-likeness (QED) is 0.844. The molecule has 0 radical (unpaired) electrons. The highest BCUT2D eigenvalue weighted by Crippen LogP contribution is 2.30. The molecule has 0 amide bonds. The van der Waals surface area contributed by atoms with Crippen LogP contribution in [0.2, 0.25) is 0 Å². The van der Waals surface area contributed by atoms with Gasteiger partial charge in [0, 0.05) is 18.7 Å². The molecule has 0 spiro atoms. The first-order valence-electron chi connectivity index (χ1n) is 6.88. The van der Waals surface area contributed by atoms with Crippen LogP contribution in [0.4, 0.5) is 0 Å². The van der Waals surface area contributed by atoms with Crippen LogP contribution < -0.4 is 14.8 Å². The molecule has 0 unspecified atom stereocenters. The lowest BCUT2D eigenvalue weighted by molar-refractivity contribution is 0.306. The van der Waals surface area contributed by atoms with Crippen molar-refractivity contribution < 1.29 is 9.47 Å². The highest BCUT2D eigenvalue weighted by Gasteiger charge is 2.09. The lowest BCUT2D eigenvalue weighted by atomic mass is 10.1. The Morgan fingerprint density at radius 3 is 2.38 bits per heavy atom. The summed E-state index contributed by atoms with van der Waals surface area (Å²) >= 11 is 0. The van der Waals surface area contributed by atoms with Crippen LogP contribution in [-0.4, -0.2) is 13.7 Å². The van der Waals surface area contributed by atoms with Crippen molar-refractivity contribution in [2.75, 3.05) is 13.7 Å². The standard InChI is InChI=1S/C17H21NO2.ClH/c1-3-20-17-15(10-7-11-16(17)19-2)13-18-12-14-8-5-4-6-9-14;/h4-11,18H,3,12-13H2,1-2H3;1H. The third-order valence-corrected chi connectivity index (χ3v) is 3.06. The van der Waals surface area contributed by atoms with Gasteiger partial charge in [-0.1, -0.05) is 42.5 Å². The van der Waals surface area contributed by atoms with E-state index in [9.17, 15) is 0 Å². The second-order valence-corrected chi connectivity index (χ2v) is 4.47. The Morgan fingerprint density at radius 2 is 1.71 bits per heavy atom. The van der Waals surface area contributed by atoms with E-state index in [1.165, 1.54) is 5.56 Å². The SMILES string of the molecule is CCOc1c(CNCc2ccccc2)cccc1OC.Cl. The normalized spacial score (nSPS) is 9.81. The van der Waals surface area contributed by atoms with Crippen LogP contribution in [0.25, 0.3) is 0 Å². The van der Waals surface area contributed by atoms with Crippen LogP contribution in [0, 0.1) is 0 Å². The van der Waals surface area contributed by atoms with Gasteiger partial charge in [0.1, 0.15) is 0 Å². The van der Waals surface area contributed by atoms with Gasteiger partial charge in [0.15, 0.2) is 11.5 Å². The van der Waals surface area contributed by atoms with Gasteiger partial charge in [0.05, 0.1) is 13.7 Å². The Morgan fingerprint density at radius 1 is 0.952 bits per heavy atom. The van der Waals surface area contributed by atoms with Crippen molar-refractivity contribution in [3.63, 3.8) is 0 Å². The maximum atomic E-state index is 5.70. The first kappa shape index (κ1) is 17.3. The Balaban J connectivity index is 0.00000220. The molecule has 2 rings (SSSR count). The zero-order chi connectivity index (χ0) is 14.2. The van der Waals surface area contributed by atoms with Gasteiger partial charge < -0.3 is 14.8 Å². The number of benzene rings is 2. The minimum atomic E-state index is 0. The van der Waals surface area contributed by atoms with Gasteiger partial charge in [-0.25, -0.2) is 0 Å². The number of rotatable bonds is 7. The highest BCUT2D eigenvalue weighted by molar-refractivity contribution is 5.85. The van der Waals surface area contributed by atoms with E-state index in [-0.39, 0.29) is 12.4 Å². The van der Waals surface area contributed by atoms with Gasteiger partial charge in [-0.3, -0.25) is 0 Å². The number of methoxy groups -OCH3 is 1. The molecule has 0 saturated heterocycles. The fourth-order valence-corrected chi connectivity index (χ4v) is 2.11. The van der Waals surface area contributed by atoms with E-state index in [1.807, 2.05) is 37.3 Å². The minimum Gasteiger partial charge on any atom is -0.493 e. The molecule has 0 aliphatic heterocycles. The monoisotopic (exact) mass is 307 g/mol. The zero-order valence-corrected chi connectivity index (χ0v) is 13.3. The lowest BCUT2D eigenvalue weighted by Gasteiger charge is -2.14. The number of halogens is 1. The molecule has 114 valence electrons. The van der Waals surface area contributed by atoms with E-state index < -0.39 is 0 Å². The van der Waals surface area contributed by atoms with Crippen LogP contribution in [0.3, 0.4) is 0 Å². The summed E-state index contributed by atoms with van der Waals surface area (Å²) in [7, 11) is 1.67. The lowest BCUT2D eigenvalue weighted by Crippen LogP contribution is -2.14. The summed E-state index contributed by atoms with van der Waals surface area (Å²) in [5.41, 5.74) is 2.38. The van der Waals surface area contributed by atoms with E-state index in [2.05, 4.69) is 23.5 Å². The van der Waals surface area contributed by atoms with Crippen molar-refractivity contribution >= 4 is 12.4 Å². The van der Waals surface area contributed by atoms with Crippen LogP contribution in [0.5, 0.6) is 11.5 Å². The third-order valence-electron chi connectivity index (χ3n) is 3.06. The molecule has 0 aliphatic carbocycles. The topological polar surface area (TPSA) is 30.5 Å². The van der Waals surface area contributed by atoms with Crippen LogP contribution in [-0.2, 0) is 13.1 Å². The van der Waals surface area contributed by atoms with Gasteiger partial charge in [-0.2, -0.15) is 0 Å². The Kier molecular flexibility index (Phi) is 7.65.